The van der Waals surface area contributed by atoms with E-state index in [4.69, 9.17) is 10.2 Å². The van der Waals surface area contributed by atoms with Crippen molar-refractivity contribution in [2.75, 3.05) is 7.05 Å². The number of halogens is 3. The van der Waals surface area contributed by atoms with E-state index in [-0.39, 0.29) is 34.2 Å². The maximum Gasteiger partial charge on any atom is 0.268 e. The molecule has 1 aliphatic rings. The summed E-state index contributed by atoms with van der Waals surface area (Å²) in [5.41, 5.74) is 3.47. The lowest BCUT2D eigenvalue weighted by Crippen LogP contribution is -2.42. The Morgan fingerprint density at radius 1 is 1.24 bits per heavy atom. The van der Waals surface area contributed by atoms with E-state index in [1.165, 1.54) is 31.5 Å². The minimum absolute atomic E-state index is 0.0252. The Hall–Kier alpha value is -3.69. The maximum absolute atomic E-state index is 15.0. The first kappa shape index (κ1) is 18.7. The highest BCUT2D eigenvalue weighted by Gasteiger charge is 2.52. The van der Waals surface area contributed by atoms with Crippen LogP contribution in [0.15, 0.2) is 52.4 Å². The molecule has 0 saturated heterocycles. The lowest BCUT2D eigenvalue weighted by atomic mass is 9.84. The number of aliphatic imine (C=N–C) groups is 1. The Balaban J connectivity index is 2.04. The monoisotopic (exact) mass is 401 g/mol. The van der Waals surface area contributed by atoms with Gasteiger partial charge in [-0.15, -0.1) is 0 Å². The summed E-state index contributed by atoms with van der Waals surface area (Å²) >= 11 is 0. The molecule has 29 heavy (non-hydrogen) atoms. The summed E-state index contributed by atoms with van der Waals surface area (Å²) in [6.07, 6.45) is 2.26. The number of likely N-dealkylation sites (N-methyl/N-ethyl adjacent to an activating group) is 1. The molecule has 1 atom stereocenters. The predicted octanol–water partition coefficient (Wildman–Crippen LogP) is 2.51. The fraction of sp³-hybridized carbons (Fsp3) is 0.158. The average Bonchev–Trinajstić information content (AvgIpc) is 3.32. The zero-order chi connectivity index (χ0) is 20.8. The number of carbonyl (C=O) groups is 1. The Bertz CT molecular complexity index is 1130. The highest BCUT2D eigenvalue weighted by Crippen LogP contribution is 2.41. The van der Waals surface area contributed by atoms with Gasteiger partial charge in [-0.25, -0.2) is 23.1 Å². The molecule has 0 saturated carbocycles. The number of nitrogens with zero attached hydrogens (tertiary/aromatic N) is 4. The molecule has 148 valence electrons. The minimum Gasteiger partial charge on any atom is -0.451 e. The van der Waals surface area contributed by atoms with Crippen molar-refractivity contribution in [2.24, 2.45) is 10.7 Å². The molecule has 3 heterocycles. The second-order valence-corrected chi connectivity index (χ2v) is 6.38. The standard InChI is InChI=1S/C19H14F3N5O2/c1-27-17(28)19(26-18(27)23,16-4-2-3-10(7-20)25-16)12-5-11(13(21)6-14(12)22)15-8-29-9-24-15/h2-6,8-9H,7H2,1H3,(H2,23,26). The smallest absolute Gasteiger partial charge is 0.268 e. The maximum atomic E-state index is 15.0. The fourth-order valence-electron chi connectivity index (χ4n) is 3.25. The van der Waals surface area contributed by atoms with Gasteiger partial charge in [-0.2, -0.15) is 0 Å². The molecule has 2 aromatic heterocycles. The van der Waals surface area contributed by atoms with Gasteiger partial charge in [0.05, 0.1) is 11.4 Å². The lowest BCUT2D eigenvalue weighted by Gasteiger charge is -2.26. The van der Waals surface area contributed by atoms with Crippen LogP contribution in [-0.4, -0.2) is 33.8 Å². The van der Waals surface area contributed by atoms with E-state index in [0.717, 1.165) is 17.4 Å². The second-order valence-electron chi connectivity index (χ2n) is 6.38. The summed E-state index contributed by atoms with van der Waals surface area (Å²) in [7, 11) is 1.36. The number of carbonyl (C=O) groups excluding carboxylic acids is 1. The van der Waals surface area contributed by atoms with Gasteiger partial charge in [0.15, 0.2) is 12.4 Å². The molecule has 0 radical (unpaired) electrons. The number of hydrogen-bond acceptors (Lipinski definition) is 6. The van der Waals surface area contributed by atoms with E-state index in [0.29, 0.717) is 6.07 Å². The quantitative estimate of drug-likeness (QED) is 0.725. The number of pyridine rings is 1. The van der Waals surface area contributed by atoms with Crippen molar-refractivity contribution in [3.8, 4) is 11.3 Å². The third kappa shape index (κ3) is 2.75. The first-order valence-electron chi connectivity index (χ1n) is 8.42. The lowest BCUT2D eigenvalue weighted by molar-refractivity contribution is -0.129. The molecule has 1 unspecified atom stereocenters. The largest absolute Gasteiger partial charge is 0.451 e. The highest BCUT2D eigenvalue weighted by molar-refractivity contribution is 6.08. The molecular formula is C19H14F3N5O2. The molecular weight excluding hydrogens is 387 g/mol. The number of rotatable bonds is 4. The summed E-state index contributed by atoms with van der Waals surface area (Å²) in [4.78, 5) is 26.4. The first-order chi connectivity index (χ1) is 13.9. The van der Waals surface area contributed by atoms with Gasteiger partial charge in [-0.1, -0.05) is 6.07 Å². The van der Waals surface area contributed by atoms with E-state index in [9.17, 15) is 18.0 Å². The third-order valence-corrected chi connectivity index (χ3v) is 4.71. The Kier molecular flexibility index (Phi) is 4.33. The van der Waals surface area contributed by atoms with Gasteiger partial charge in [-0.05, 0) is 18.2 Å². The summed E-state index contributed by atoms with van der Waals surface area (Å²) in [6.45, 7) is -0.900. The van der Waals surface area contributed by atoms with Gasteiger partial charge in [0, 0.05) is 24.2 Å². The molecule has 1 amide bonds. The SMILES string of the molecule is CN1C(=O)C(c2cccc(CF)n2)(c2cc(-c3cocn3)c(F)cc2F)N=C1N. The molecule has 4 rings (SSSR count). The van der Waals surface area contributed by atoms with Crippen LogP contribution in [0.25, 0.3) is 11.3 Å². The van der Waals surface area contributed by atoms with Crippen LogP contribution in [0.3, 0.4) is 0 Å². The summed E-state index contributed by atoms with van der Waals surface area (Å²) < 4.78 is 47.5. The number of alkyl halides is 1. The molecule has 0 bridgehead atoms. The Labute approximate surface area is 162 Å². The molecule has 0 aliphatic carbocycles. The van der Waals surface area contributed by atoms with Gasteiger partial charge in [0.25, 0.3) is 5.91 Å². The molecule has 0 fully saturated rings. The number of nitrogens with two attached hydrogens (primary N) is 1. The predicted molar refractivity (Wildman–Crippen MR) is 96.1 cm³/mol. The van der Waals surface area contributed by atoms with Crippen molar-refractivity contribution in [3.05, 3.63) is 71.6 Å². The molecule has 2 N–H and O–H groups in total. The number of benzene rings is 1. The van der Waals surface area contributed by atoms with Crippen LogP contribution in [0, 0.1) is 11.6 Å². The number of guanidine groups is 1. The van der Waals surface area contributed by atoms with Crippen LogP contribution in [0.2, 0.25) is 0 Å². The second kappa shape index (κ2) is 6.73. The van der Waals surface area contributed by atoms with Crippen LogP contribution in [0.1, 0.15) is 17.0 Å². The van der Waals surface area contributed by atoms with Gasteiger partial charge in [-0.3, -0.25) is 14.7 Å². The first-order valence-corrected chi connectivity index (χ1v) is 8.42. The van der Waals surface area contributed by atoms with E-state index < -0.39 is 29.8 Å². The van der Waals surface area contributed by atoms with Crippen molar-refractivity contribution < 1.29 is 22.4 Å². The summed E-state index contributed by atoms with van der Waals surface area (Å²) in [5, 5.41) is 0. The molecule has 1 aromatic carbocycles. The van der Waals surface area contributed by atoms with Crippen LogP contribution in [0.4, 0.5) is 13.2 Å². The number of aromatic nitrogens is 2. The zero-order valence-electron chi connectivity index (χ0n) is 15.1. The number of hydrogen-bond donors (Lipinski definition) is 1. The van der Waals surface area contributed by atoms with Crippen LogP contribution in [0.5, 0.6) is 0 Å². The van der Waals surface area contributed by atoms with Crippen LogP contribution >= 0.6 is 0 Å². The molecule has 0 spiro atoms. The van der Waals surface area contributed by atoms with Gasteiger partial charge < -0.3 is 10.2 Å². The normalized spacial score (nSPS) is 19.0. The van der Waals surface area contributed by atoms with Gasteiger partial charge in [0.1, 0.15) is 30.3 Å². The van der Waals surface area contributed by atoms with E-state index in [2.05, 4.69) is 15.0 Å². The zero-order valence-corrected chi connectivity index (χ0v) is 15.1. The van der Waals surface area contributed by atoms with E-state index in [1.54, 1.807) is 0 Å². The van der Waals surface area contributed by atoms with E-state index >= 15 is 0 Å². The van der Waals surface area contributed by atoms with Crippen molar-refractivity contribution in [3.63, 3.8) is 0 Å². The molecule has 1 aliphatic heterocycles. The molecule has 7 nitrogen and oxygen atoms in total. The van der Waals surface area contributed by atoms with Crippen LogP contribution in [-0.2, 0) is 17.0 Å². The topological polar surface area (TPSA) is 97.6 Å². The Morgan fingerprint density at radius 2 is 2.03 bits per heavy atom. The van der Waals surface area contributed by atoms with Crippen molar-refractivity contribution in [1.29, 1.82) is 0 Å². The van der Waals surface area contributed by atoms with Crippen LogP contribution < -0.4 is 5.73 Å². The molecule has 10 heteroatoms. The number of oxazole rings is 1. The fourth-order valence-corrected chi connectivity index (χ4v) is 3.25. The molecule has 3 aromatic rings. The number of amides is 1. The minimum atomic E-state index is -2.04. The van der Waals surface area contributed by atoms with E-state index in [1.807, 2.05) is 0 Å². The Morgan fingerprint density at radius 3 is 2.66 bits per heavy atom. The van der Waals surface area contributed by atoms with Crippen molar-refractivity contribution >= 4 is 11.9 Å². The van der Waals surface area contributed by atoms with Crippen molar-refractivity contribution in [2.45, 2.75) is 12.2 Å². The van der Waals surface area contributed by atoms with Gasteiger partial charge >= 0.3 is 0 Å². The third-order valence-electron chi connectivity index (χ3n) is 4.71. The summed E-state index contributed by atoms with van der Waals surface area (Å²) in [5.74, 6) is -2.84. The average molecular weight is 401 g/mol. The summed E-state index contributed by atoms with van der Waals surface area (Å²) in [6, 6.07) is 6.02. The highest BCUT2D eigenvalue weighted by atomic mass is 19.1. The van der Waals surface area contributed by atoms with Crippen molar-refractivity contribution in [1.82, 2.24) is 14.9 Å². The van der Waals surface area contributed by atoms with Gasteiger partial charge in [0.2, 0.25) is 5.54 Å².